The standard InChI is InChI=1S/C17H17F2NO2S/c18-16(19)23(21,22)15-8-6-14(7-9-15)20-12-17(10-11-17)13-4-2-1-3-5-13/h1-9,16,20H,10-12H2. The van der Waals surface area contributed by atoms with E-state index in [0.29, 0.717) is 0 Å². The van der Waals surface area contributed by atoms with Crippen molar-refractivity contribution < 1.29 is 17.2 Å². The van der Waals surface area contributed by atoms with Crippen molar-refractivity contribution in [1.29, 1.82) is 0 Å². The monoisotopic (exact) mass is 337 g/mol. The second-order valence-corrected chi connectivity index (χ2v) is 7.75. The number of hydrogen-bond acceptors (Lipinski definition) is 3. The molecule has 0 radical (unpaired) electrons. The highest BCUT2D eigenvalue weighted by Gasteiger charge is 2.43. The van der Waals surface area contributed by atoms with Gasteiger partial charge in [-0.3, -0.25) is 0 Å². The van der Waals surface area contributed by atoms with Crippen LogP contribution in [0.15, 0.2) is 59.5 Å². The number of benzene rings is 2. The molecule has 1 N–H and O–H groups in total. The third kappa shape index (κ3) is 3.22. The van der Waals surface area contributed by atoms with E-state index in [2.05, 4.69) is 17.4 Å². The fourth-order valence-electron chi connectivity index (χ4n) is 2.65. The third-order valence-electron chi connectivity index (χ3n) is 4.29. The lowest BCUT2D eigenvalue weighted by Crippen LogP contribution is -2.19. The van der Waals surface area contributed by atoms with Gasteiger partial charge >= 0.3 is 5.76 Å². The summed E-state index contributed by atoms with van der Waals surface area (Å²) in [5.41, 5.74) is 2.12. The van der Waals surface area contributed by atoms with Gasteiger partial charge < -0.3 is 5.32 Å². The van der Waals surface area contributed by atoms with Crippen molar-refractivity contribution >= 4 is 15.5 Å². The molecule has 2 aromatic carbocycles. The first-order valence-corrected chi connectivity index (χ1v) is 8.90. The van der Waals surface area contributed by atoms with Crippen molar-refractivity contribution in [3.05, 3.63) is 60.2 Å². The molecule has 3 rings (SSSR count). The molecule has 0 heterocycles. The number of halogens is 2. The molecule has 0 atom stereocenters. The second kappa shape index (κ2) is 5.92. The Labute approximate surface area is 134 Å². The van der Waals surface area contributed by atoms with Gasteiger partial charge in [-0.05, 0) is 42.7 Å². The number of rotatable bonds is 6. The van der Waals surface area contributed by atoms with Crippen molar-refractivity contribution in [2.24, 2.45) is 0 Å². The van der Waals surface area contributed by atoms with Gasteiger partial charge in [-0.25, -0.2) is 8.42 Å². The summed E-state index contributed by atoms with van der Waals surface area (Å²) in [4.78, 5) is -0.359. The molecule has 1 fully saturated rings. The molecule has 6 heteroatoms. The van der Waals surface area contributed by atoms with E-state index in [4.69, 9.17) is 0 Å². The van der Waals surface area contributed by atoms with Crippen LogP contribution >= 0.6 is 0 Å². The maximum absolute atomic E-state index is 12.5. The first-order chi connectivity index (χ1) is 10.9. The van der Waals surface area contributed by atoms with Gasteiger partial charge in [-0.2, -0.15) is 8.78 Å². The fraction of sp³-hybridized carbons (Fsp3) is 0.294. The van der Waals surface area contributed by atoms with E-state index in [9.17, 15) is 17.2 Å². The Morgan fingerprint density at radius 3 is 2.13 bits per heavy atom. The number of hydrogen-bond donors (Lipinski definition) is 1. The average molecular weight is 337 g/mol. The Kier molecular flexibility index (Phi) is 4.10. The number of sulfone groups is 1. The normalized spacial score (nSPS) is 16.3. The van der Waals surface area contributed by atoms with Crippen LogP contribution in [0, 0.1) is 0 Å². The van der Waals surface area contributed by atoms with Gasteiger partial charge in [0.25, 0.3) is 0 Å². The highest BCUT2D eigenvalue weighted by Crippen LogP contribution is 2.48. The third-order valence-corrected chi connectivity index (χ3v) is 5.69. The maximum atomic E-state index is 12.5. The molecule has 0 spiro atoms. The predicted molar refractivity (Wildman–Crippen MR) is 85.5 cm³/mol. The zero-order valence-corrected chi connectivity index (χ0v) is 13.2. The largest absolute Gasteiger partial charge is 0.384 e. The summed E-state index contributed by atoms with van der Waals surface area (Å²) in [7, 11) is -4.53. The van der Waals surface area contributed by atoms with Crippen LogP contribution in [-0.2, 0) is 15.3 Å². The molecular formula is C17H17F2NO2S. The fourth-order valence-corrected chi connectivity index (χ4v) is 3.37. The molecule has 0 unspecified atom stereocenters. The van der Waals surface area contributed by atoms with E-state index in [-0.39, 0.29) is 10.3 Å². The second-order valence-electron chi connectivity index (χ2n) is 5.83. The van der Waals surface area contributed by atoms with Gasteiger partial charge in [-0.15, -0.1) is 0 Å². The van der Waals surface area contributed by atoms with Crippen molar-refractivity contribution in [2.75, 3.05) is 11.9 Å². The summed E-state index contributed by atoms with van der Waals surface area (Å²) < 4.78 is 47.8. The van der Waals surface area contributed by atoms with Gasteiger partial charge in [0.1, 0.15) is 0 Å². The smallest absolute Gasteiger partial charge is 0.341 e. The molecule has 0 aliphatic heterocycles. The molecule has 1 aliphatic rings. The molecule has 122 valence electrons. The van der Waals surface area contributed by atoms with Crippen LogP contribution in [0.3, 0.4) is 0 Å². The lowest BCUT2D eigenvalue weighted by molar-refractivity contribution is 0.234. The summed E-state index contributed by atoms with van der Waals surface area (Å²) in [6.07, 6.45) is 2.20. The lowest BCUT2D eigenvalue weighted by Gasteiger charge is -2.17. The first kappa shape index (κ1) is 15.9. The van der Waals surface area contributed by atoms with Gasteiger partial charge in [-0.1, -0.05) is 30.3 Å². The topological polar surface area (TPSA) is 46.2 Å². The van der Waals surface area contributed by atoms with Crippen molar-refractivity contribution in [1.82, 2.24) is 0 Å². The molecule has 0 amide bonds. The van der Waals surface area contributed by atoms with E-state index in [0.717, 1.165) is 25.1 Å². The molecule has 1 saturated carbocycles. The van der Waals surface area contributed by atoms with Crippen LogP contribution in [0.5, 0.6) is 0 Å². The van der Waals surface area contributed by atoms with E-state index < -0.39 is 15.6 Å². The highest BCUT2D eigenvalue weighted by atomic mass is 32.2. The lowest BCUT2D eigenvalue weighted by atomic mass is 9.96. The first-order valence-electron chi connectivity index (χ1n) is 7.36. The maximum Gasteiger partial charge on any atom is 0.341 e. The quantitative estimate of drug-likeness (QED) is 0.871. The van der Waals surface area contributed by atoms with Crippen LogP contribution in [0.25, 0.3) is 0 Å². The Morgan fingerprint density at radius 2 is 1.61 bits per heavy atom. The average Bonchev–Trinajstić information content (AvgIpc) is 3.35. The number of alkyl halides is 2. The minimum Gasteiger partial charge on any atom is -0.384 e. The predicted octanol–water partition coefficient (Wildman–Crippen LogP) is 3.83. The van der Waals surface area contributed by atoms with Crippen LogP contribution in [0.2, 0.25) is 0 Å². The van der Waals surface area contributed by atoms with E-state index >= 15 is 0 Å². The molecule has 1 aliphatic carbocycles. The van der Waals surface area contributed by atoms with Crippen LogP contribution in [-0.4, -0.2) is 20.7 Å². The Morgan fingerprint density at radius 1 is 1.00 bits per heavy atom. The number of nitrogens with one attached hydrogen (secondary N) is 1. The van der Waals surface area contributed by atoms with Crippen molar-refractivity contribution in [3.8, 4) is 0 Å². The summed E-state index contributed by atoms with van der Waals surface area (Å²) in [6, 6.07) is 15.7. The minimum absolute atomic E-state index is 0.120. The van der Waals surface area contributed by atoms with Crippen LogP contribution < -0.4 is 5.32 Å². The van der Waals surface area contributed by atoms with E-state index in [1.165, 1.54) is 29.8 Å². The molecule has 0 aromatic heterocycles. The molecular weight excluding hydrogens is 320 g/mol. The SMILES string of the molecule is O=S(=O)(c1ccc(NCC2(c3ccccc3)CC2)cc1)C(F)F. The Hall–Kier alpha value is -1.95. The number of anilines is 1. The van der Waals surface area contributed by atoms with Gasteiger partial charge in [0, 0.05) is 17.6 Å². The molecule has 3 nitrogen and oxygen atoms in total. The molecule has 2 aromatic rings. The minimum atomic E-state index is -4.53. The summed E-state index contributed by atoms with van der Waals surface area (Å²) in [6.45, 7) is 0.734. The highest BCUT2D eigenvalue weighted by molar-refractivity contribution is 7.91. The molecule has 0 saturated heterocycles. The van der Waals surface area contributed by atoms with Gasteiger partial charge in [0.2, 0.25) is 9.84 Å². The summed E-state index contributed by atoms with van der Waals surface area (Å²) >= 11 is 0. The zero-order valence-electron chi connectivity index (χ0n) is 12.4. The zero-order chi connectivity index (χ0) is 16.5. The van der Waals surface area contributed by atoms with Gasteiger partial charge in [0.05, 0.1) is 4.90 Å². The van der Waals surface area contributed by atoms with Crippen LogP contribution in [0.4, 0.5) is 14.5 Å². The van der Waals surface area contributed by atoms with Crippen LogP contribution in [0.1, 0.15) is 18.4 Å². The molecule has 0 bridgehead atoms. The van der Waals surface area contributed by atoms with Crippen molar-refractivity contribution in [3.63, 3.8) is 0 Å². The Balaban J connectivity index is 1.68. The van der Waals surface area contributed by atoms with Gasteiger partial charge in [0.15, 0.2) is 0 Å². The van der Waals surface area contributed by atoms with Crippen molar-refractivity contribution in [2.45, 2.75) is 28.9 Å². The summed E-state index contributed by atoms with van der Waals surface area (Å²) in [5, 5.41) is 3.27. The van der Waals surface area contributed by atoms with E-state index in [1.54, 1.807) is 0 Å². The molecule has 23 heavy (non-hydrogen) atoms. The van der Waals surface area contributed by atoms with E-state index in [1.807, 2.05) is 18.2 Å². The summed E-state index contributed by atoms with van der Waals surface area (Å²) in [5.74, 6) is -3.39. The Bertz CT molecular complexity index is 770.